The molecule has 2 fully saturated rings. The van der Waals surface area contributed by atoms with Crippen LogP contribution in [0.2, 0.25) is 10.0 Å². The maximum Gasteiger partial charge on any atom is 0.0424 e. The summed E-state index contributed by atoms with van der Waals surface area (Å²) in [5, 5.41) is 5.06. The Morgan fingerprint density at radius 1 is 1.00 bits per heavy atom. The Balaban J connectivity index is 1.47. The van der Waals surface area contributed by atoms with Crippen LogP contribution in [0.5, 0.6) is 0 Å². The molecular formula is C15H20Cl2N2. The molecule has 4 heteroatoms. The maximum atomic E-state index is 6.01. The summed E-state index contributed by atoms with van der Waals surface area (Å²) in [5.74, 6) is 0. The second-order valence-corrected chi connectivity index (χ2v) is 6.57. The summed E-state index contributed by atoms with van der Waals surface area (Å²) in [5.41, 5.74) is 1.17. The van der Waals surface area contributed by atoms with Crippen molar-refractivity contribution in [3.8, 4) is 0 Å². The number of piperidine rings is 1. The Bertz CT molecular complexity index is 418. The van der Waals surface area contributed by atoms with Crippen molar-refractivity contribution < 1.29 is 0 Å². The summed E-state index contributed by atoms with van der Waals surface area (Å²) >= 11 is 12.0. The van der Waals surface area contributed by atoms with Gasteiger partial charge in [0.2, 0.25) is 0 Å². The zero-order valence-corrected chi connectivity index (χ0v) is 12.6. The van der Waals surface area contributed by atoms with Gasteiger partial charge in [0.1, 0.15) is 0 Å². The van der Waals surface area contributed by atoms with Crippen LogP contribution in [-0.2, 0) is 6.54 Å². The summed E-state index contributed by atoms with van der Waals surface area (Å²) in [6, 6.07) is 7.29. The van der Waals surface area contributed by atoms with E-state index in [1.807, 2.05) is 12.1 Å². The molecule has 2 aliphatic rings. The summed E-state index contributed by atoms with van der Waals surface area (Å²) in [4.78, 5) is 2.65. The lowest BCUT2D eigenvalue weighted by atomic mass is 10.0. The first-order valence-corrected chi connectivity index (χ1v) is 7.89. The van der Waals surface area contributed by atoms with Crippen molar-refractivity contribution in [3.05, 3.63) is 33.8 Å². The SMILES string of the molecule is Clc1cc(Cl)cc(CNC2CCN(C3CC3)CC2)c1. The number of hydrogen-bond donors (Lipinski definition) is 1. The molecule has 0 atom stereocenters. The molecule has 1 aliphatic heterocycles. The van der Waals surface area contributed by atoms with Crippen LogP contribution in [0.1, 0.15) is 31.2 Å². The second-order valence-electron chi connectivity index (χ2n) is 5.70. The first-order valence-electron chi connectivity index (χ1n) is 7.13. The highest BCUT2D eigenvalue weighted by Gasteiger charge is 2.31. The van der Waals surface area contributed by atoms with Gasteiger partial charge < -0.3 is 10.2 Å². The molecule has 2 nitrogen and oxygen atoms in total. The molecule has 3 rings (SSSR count). The van der Waals surface area contributed by atoms with Crippen LogP contribution in [-0.4, -0.2) is 30.1 Å². The van der Waals surface area contributed by atoms with Crippen molar-refractivity contribution in [2.45, 2.75) is 44.3 Å². The fourth-order valence-corrected chi connectivity index (χ4v) is 3.45. The van der Waals surface area contributed by atoms with E-state index in [4.69, 9.17) is 23.2 Å². The lowest BCUT2D eigenvalue weighted by Gasteiger charge is -2.32. The topological polar surface area (TPSA) is 15.3 Å². The van der Waals surface area contributed by atoms with Crippen molar-refractivity contribution in [1.29, 1.82) is 0 Å². The number of hydrogen-bond acceptors (Lipinski definition) is 2. The highest BCUT2D eigenvalue weighted by Crippen LogP contribution is 2.29. The zero-order chi connectivity index (χ0) is 13.2. The Morgan fingerprint density at radius 3 is 2.21 bits per heavy atom. The molecule has 1 heterocycles. The van der Waals surface area contributed by atoms with Gasteiger partial charge in [-0.15, -0.1) is 0 Å². The Labute approximate surface area is 125 Å². The van der Waals surface area contributed by atoms with Gasteiger partial charge in [0.25, 0.3) is 0 Å². The van der Waals surface area contributed by atoms with Crippen LogP contribution in [0.25, 0.3) is 0 Å². The molecule has 1 aromatic rings. The monoisotopic (exact) mass is 298 g/mol. The highest BCUT2D eigenvalue weighted by molar-refractivity contribution is 6.34. The van der Waals surface area contributed by atoms with E-state index in [-0.39, 0.29) is 0 Å². The van der Waals surface area contributed by atoms with E-state index in [0.29, 0.717) is 16.1 Å². The van der Waals surface area contributed by atoms with E-state index in [1.54, 1.807) is 6.07 Å². The molecular weight excluding hydrogens is 279 g/mol. The molecule has 0 bridgehead atoms. The largest absolute Gasteiger partial charge is 0.310 e. The Kier molecular flexibility index (Phi) is 4.33. The number of likely N-dealkylation sites (tertiary alicyclic amines) is 1. The lowest BCUT2D eigenvalue weighted by molar-refractivity contribution is 0.189. The molecule has 19 heavy (non-hydrogen) atoms. The van der Waals surface area contributed by atoms with E-state index in [1.165, 1.54) is 44.3 Å². The van der Waals surface area contributed by atoms with Gasteiger partial charge >= 0.3 is 0 Å². The smallest absolute Gasteiger partial charge is 0.0424 e. The molecule has 104 valence electrons. The first kappa shape index (κ1) is 13.7. The fraction of sp³-hybridized carbons (Fsp3) is 0.600. The molecule has 0 spiro atoms. The first-order chi connectivity index (χ1) is 9.20. The molecule has 1 N–H and O–H groups in total. The van der Waals surface area contributed by atoms with Gasteiger partial charge in [-0.1, -0.05) is 23.2 Å². The van der Waals surface area contributed by atoms with Crippen molar-refractivity contribution >= 4 is 23.2 Å². The molecule has 1 aromatic carbocycles. The third-order valence-electron chi connectivity index (χ3n) is 4.11. The summed E-state index contributed by atoms with van der Waals surface area (Å²) < 4.78 is 0. The summed E-state index contributed by atoms with van der Waals surface area (Å²) in [6.07, 6.45) is 5.34. The number of benzene rings is 1. The van der Waals surface area contributed by atoms with Gasteiger partial charge in [-0.25, -0.2) is 0 Å². The van der Waals surface area contributed by atoms with Crippen molar-refractivity contribution in [2.24, 2.45) is 0 Å². The van der Waals surface area contributed by atoms with Crippen LogP contribution in [0.3, 0.4) is 0 Å². The van der Waals surface area contributed by atoms with Crippen LogP contribution in [0.4, 0.5) is 0 Å². The molecule has 0 aromatic heterocycles. The minimum absolute atomic E-state index is 0.632. The minimum atomic E-state index is 0.632. The quantitative estimate of drug-likeness (QED) is 0.911. The maximum absolute atomic E-state index is 6.01. The molecule has 1 saturated heterocycles. The van der Waals surface area contributed by atoms with Crippen molar-refractivity contribution in [2.75, 3.05) is 13.1 Å². The van der Waals surface area contributed by atoms with E-state index < -0.39 is 0 Å². The molecule has 0 radical (unpaired) electrons. The number of halogens is 2. The highest BCUT2D eigenvalue weighted by atomic mass is 35.5. The van der Waals surface area contributed by atoms with Gasteiger partial charge in [-0.3, -0.25) is 0 Å². The molecule has 1 aliphatic carbocycles. The van der Waals surface area contributed by atoms with Gasteiger partial charge in [-0.05, 0) is 62.5 Å². The van der Waals surface area contributed by atoms with E-state index in [0.717, 1.165) is 12.6 Å². The van der Waals surface area contributed by atoms with Crippen LogP contribution < -0.4 is 5.32 Å². The van der Waals surface area contributed by atoms with E-state index in [9.17, 15) is 0 Å². The van der Waals surface area contributed by atoms with Gasteiger partial charge in [0.05, 0.1) is 0 Å². The van der Waals surface area contributed by atoms with Crippen LogP contribution in [0.15, 0.2) is 18.2 Å². The van der Waals surface area contributed by atoms with Crippen molar-refractivity contribution in [3.63, 3.8) is 0 Å². The number of nitrogens with one attached hydrogen (secondary N) is 1. The molecule has 0 amide bonds. The molecule has 1 saturated carbocycles. The lowest BCUT2D eigenvalue weighted by Crippen LogP contribution is -2.43. The average molecular weight is 299 g/mol. The fourth-order valence-electron chi connectivity index (χ4n) is 2.88. The third-order valence-corrected chi connectivity index (χ3v) is 4.55. The van der Waals surface area contributed by atoms with Crippen LogP contribution >= 0.6 is 23.2 Å². The van der Waals surface area contributed by atoms with E-state index in [2.05, 4.69) is 10.2 Å². The summed E-state index contributed by atoms with van der Waals surface area (Å²) in [6.45, 7) is 3.35. The van der Waals surface area contributed by atoms with Crippen molar-refractivity contribution in [1.82, 2.24) is 10.2 Å². The number of rotatable bonds is 4. The van der Waals surface area contributed by atoms with Gasteiger partial charge in [-0.2, -0.15) is 0 Å². The number of nitrogens with zero attached hydrogens (tertiary/aromatic N) is 1. The normalized spacial score (nSPS) is 21.8. The molecule has 0 unspecified atom stereocenters. The predicted octanol–water partition coefficient (Wildman–Crippen LogP) is 3.71. The standard InChI is InChI=1S/C15H20Cl2N2/c16-12-7-11(8-13(17)9-12)10-18-14-3-5-19(6-4-14)15-1-2-15/h7-9,14-15,18H,1-6,10H2. The third kappa shape index (κ3) is 3.85. The Hall–Kier alpha value is -0.280. The zero-order valence-electron chi connectivity index (χ0n) is 11.0. The van der Waals surface area contributed by atoms with E-state index >= 15 is 0 Å². The average Bonchev–Trinajstić information content (AvgIpc) is 3.20. The summed E-state index contributed by atoms with van der Waals surface area (Å²) in [7, 11) is 0. The minimum Gasteiger partial charge on any atom is -0.310 e. The van der Waals surface area contributed by atoms with Gasteiger partial charge in [0.15, 0.2) is 0 Å². The van der Waals surface area contributed by atoms with Gasteiger partial charge in [0, 0.05) is 28.7 Å². The second kappa shape index (κ2) is 6.01. The Morgan fingerprint density at radius 2 is 1.63 bits per heavy atom. The van der Waals surface area contributed by atoms with Crippen LogP contribution in [0, 0.1) is 0 Å². The predicted molar refractivity (Wildman–Crippen MR) is 80.9 cm³/mol.